The Labute approximate surface area is 137 Å². The van der Waals surface area contributed by atoms with Crippen molar-refractivity contribution in [2.75, 3.05) is 13.1 Å². The number of imidazole rings is 2. The summed E-state index contributed by atoms with van der Waals surface area (Å²) in [5.41, 5.74) is 1.43. The minimum Gasteiger partial charge on any atom is -0.480 e. The van der Waals surface area contributed by atoms with Crippen LogP contribution in [0, 0.1) is 0 Å². The lowest BCUT2D eigenvalue weighted by molar-refractivity contribution is -0.140. The molecule has 0 amide bonds. The monoisotopic (exact) mass is 336 g/mol. The van der Waals surface area contributed by atoms with Gasteiger partial charge in [-0.15, -0.1) is 0 Å². The van der Waals surface area contributed by atoms with Crippen LogP contribution < -0.4 is 10.6 Å². The van der Waals surface area contributed by atoms with Crippen LogP contribution in [0.2, 0.25) is 0 Å². The number of aliphatic carboxylic acids is 2. The third kappa shape index (κ3) is 5.48. The highest BCUT2D eigenvalue weighted by atomic mass is 16.4. The molecule has 2 rings (SSSR count). The number of carbonyl (C=O) groups is 2. The van der Waals surface area contributed by atoms with Gasteiger partial charge in [-0.05, 0) is 0 Å². The second-order valence-corrected chi connectivity index (χ2v) is 5.25. The zero-order chi connectivity index (χ0) is 17.4. The molecular weight excluding hydrogens is 316 g/mol. The first-order chi connectivity index (χ1) is 11.6. The summed E-state index contributed by atoms with van der Waals surface area (Å²) in [6.45, 7) is 0.635. The highest BCUT2D eigenvalue weighted by Gasteiger charge is 2.20. The fourth-order valence-corrected chi connectivity index (χ4v) is 2.22. The van der Waals surface area contributed by atoms with Crippen molar-refractivity contribution in [3.8, 4) is 0 Å². The number of nitrogens with one attached hydrogen (secondary N) is 4. The van der Waals surface area contributed by atoms with Crippen LogP contribution in [0.25, 0.3) is 0 Å². The summed E-state index contributed by atoms with van der Waals surface area (Å²) in [4.78, 5) is 35.9. The number of aromatic nitrogens is 4. The Morgan fingerprint density at radius 2 is 1.33 bits per heavy atom. The number of hydrogen-bond acceptors (Lipinski definition) is 6. The summed E-state index contributed by atoms with van der Waals surface area (Å²) in [7, 11) is 0. The normalized spacial score (nSPS) is 13.5. The van der Waals surface area contributed by atoms with Crippen molar-refractivity contribution in [1.29, 1.82) is 0 Å². The van der Waals surface area contributed by atoms with E-state index in [-0.39, 0.29) is 12.8 Å². The molecular formula is C14H20N6O4. The van der Waals surface area contributed by atoms with Crippen molar-refractivity contribution in [1.82, 2.24) is 30.6 Å². The van der Waals surface area contributed by atoms with Gasteiger partial charge in [-0.1, -0.05) is 0 Å². The molecule has 0 spiro atoms. The minimum atomic E-state index is -0.975. The molecule has 2 unspecified atom stereocenters. The van der Waals surface area contributed by atoms with Gasteiger partial charge in [0.1, 0.15) is 12.1 Å². The zero-order valence-electron chi connectivity index (χ0n) is 12.9. The second-order valence-electron chi connectivity index (χ2n) is 5.25. The maximum Gasteiger partial charge on any atom is 0.321 e. The molecule has 6 N–H and O–H groups in total. The van der Waals surface area contributed by atoms with Crippen molar-refractivity contribution in [3.05, 3.63) is 36.4 Å². The molecule has 0 aromatic carbocycles. The predicted molar refractivity (Wildman–Crippen MR) is 83.4 cm³/mol. The first-order valence-corrected chi connectivity index (χ1v) is 7.43. The number of aromatic amines is 2. The van der Waals surface area contributed by atoms with Gasteiger partial charge < -0.3 is 30.8 Å². The Bertz CT molecular complexity index is 572. The summed E-state index contributed by atoms with van der Waals surface area (Å²) in [5.74, 6) is -1.95. The number of rotatable bonds is 11. The van der Waals surface area contributed by atoms with Crippen molar-refractivity contribution in [3.63, 3.8) is 0 Å². The van der Waals surface area contributed by atoms with Crippen LogP contribution in [0.15, 0.2) is 25.0 Å². The van der Waals surface area contributed by atoms with E-state index < -0.39 is 24.0 Å². The van der Waals surface area contributed by atoms with Crippen molar-refractivity contribution in [2.24, 2.45) is 0 Å². The number of carboxylic acid groups (broad SMARTS) is 2. The van der Waals surface area contributed by atoms with Crippen molar-refractivity contribution < 1.29 is 19.8 Å². The Morgan fingerprint density at radius 3 is 1.62 bits per heavy atom. The molecule has 2 heterocycles. The maximum atomic E-state index is 11.3. The number of nitrogens with zero attached hydrogens (tertiary/aromatic N) is 2. The average Bonchev–Trinajstić information content (AvgIpc) is 3.22. The zero-order valence-corrected chi connectivity index (χ0v) is 12.9. The molecule has 24 heavy (non-hydrogen) atoms. The summed E-state index contributed by atoms with van der Waals surface area (Å²) < 4.78 is 0. The molecule has 0 aliphatic rings. The number of hydrogen-bond donors (Lipinski definition) is 6. The van der Waals surface area contributed by atoms with Gasteiger partial charge in [0.05, 0.1) is 12.7 Å². The van der Waals surface area contributed by atoms with Crippen LogP contribution in [-0.4, -0.2) is 67.3 Å². The molecule has 2 aromatic rings. The smallest absolute Gasteiger partial charge is 0.321 e. The molecule has 10 nitrogen and oxygen atoms in total. The van der Waals surface area contributed by atoms with E-state index in [9.17, 15) is 19.8 Å². The lowest BCUT2D eigenvalue weighted by Crippen LogP contribution is -2.45. The van der Waals surface area contributed by atoms with E-state index in [1.165, 1.54) is 12.7 Å². The van der Waals surface area contributed by atoms with E-state index in [1.807, 2.05) is 0 Å². The standard InChI is InChI=1S/C14H20N6O4/c21-13(22)11(3-9-5-15-7-19-9)17-1-2-18-12(14(23)24)4-10-6-16-8-20-10/h5-8,11-12,17-18H,1-4H2,(H,15,19)(H,16,20)(H,21,22)(H,23,24). The van der Waals surface area contributed by atoms with Crippen LogP contribution >= 0.6 is 0 Å². The first kappa shape index (κ1) is 17.6. The second kappa shape index (κ2) is 8.79. The molecule has 0 saturated heterocycles. The van der Waals surface area contributed by atoms with Crippen LogP contribution in [0.4, 0.5) is 0 Å². The Morgan fingerprint density at radius 1 is 0.917 bits per heavy atom. The van der Waals surface area contributed by atoms with Crippen LogP contribution in [0.5, 0.6) is 0 Å². The van der Waals surface area contributed by atoms with E-state index in [0.717, 1.165) is 0 Å². The fraction of sp³-hybridized carbons (Fsp3) is 0.429. The molecule has 0 radical (unpaired) electrons. The molecule has 0 saturated carbocycles. The molecule has 0 aliphatic carbocycles. The van der Waals surface area contributed by atoms with Gasteiger partial charge in [0.25, 0.3) is 0 Å². The molecule has 2 aromatic heterocycles. The van der Waals surface area contributed by atoms with E-state index in [4.69, 9.17) is 0 Å². The minimum absolute atomic E-state index is 0.270. The van der Waals surface area contributed by atoms with Gasteiger partial charge in [0.15, 0.2) is 0 Å². The molecule has 0 bridgehead atoms. The molecule has 2 atom stereocenters. The molecule has 130 valence electrons. The largest absolute Gasteiger partial charge is 0.480 e. The molecule has 0 fully saturated rings. The summed E-state index contributed by atoms with van der Waals surface area (Å²) in [6, 6.07) is -1.55. The fourth-order valence-electron chi connectivity index (χ4n) is 2.22. The first-order valence-electron chi connectivity index (χ1n) is 7.43. The van der Waals surface area contributed by atoms with E-state index in [1.54, 1.807) is 12.4 Å². The third-order valence-electron chi connectivity index (χ3n) is 3.46. The van der Waals surface area contributed by atoms with E-state index >= 15 is 0 Å². The number of carboxylic acids is 2. The Kier molecular flexibility index (Phi) is 6.46. The maximum absolute atomic E-state index is 11.3. The topological polar surface area (TPSA) is 156 Å². The van der Waals surface area contributed by atoms with E-state index in [0.29, 0.717) is 24.5 Å². The lowest BCUT2D eigenvalue weighted by Gasteiger charge is -2.16. The van der Waals surface area contributed by atoms with Gasteiger partial charge in [0.2, 0.25) is 0 Å². The van der Waals surface area contributed by atoms with Gasteiger partial charge in [-0.3, -0.25) is 9.59 Å². The average molecular weight is 336 g/mol. The van der Waals surface area contributed by atoms with Crippen LogP contribution in [0.3, 0.4) is 0 Å². The lowest BCUT2D eigenvalue weighted by atomic mass is 10.1. The van der Waals surface area contributed by atoms with Crippen molar-refractivity contribution >= 4 is 11.9 Å². The predicted octanol–water partition coefficient (Wildman–Crippen LogP) is -0.996. The number of H-pyrrole nitrogens is 2. The van der Waals surface area contributed by atoms with Gasteiger partial charge in [-0.2, -0.15) is 0 Å². The molecule has 10 heteroatoms. The van der Waals surface area contributed by atoms with Gasteiger partial charge in [-0.25, -0.2) is 9.97 Å². The van der Waals surface area contributed by atoms with Gasteiger partial charge >= 0.3 is 11.9 Å². The molecule has 0 aliphatic heterocycles. The van der Waals surface area contributed by atoms with E-state index in [2.05, 4.69) is 30.6 Å². The highest BCUT2D eigenvalue weighted by Crippen LogP contribution is 2.00. The van der Waals surface area contributed by atoms with Crippen LogP contribution in [-0.2, 0) is 22.4 Å². The third-order valence-corrected chi connectivity index (χ3v) is 3.46. The summed E-state index contributed by atoms with van der Waals surface area (Å²) >= 11 is 0. The summed E-state index contributed by atoms with van der Waals surface area (Å²) in [5, 5.41) is 24.2. The Balaban J connectivity index is 1.76. The van der Waals surface area contributed by atoms with Crippen molar-refractivity contribution in [2.45, 2.75) is 24.9 Å². The van der Waals surface area contributed by atoms with Gasteiger partial charge in [0, 0.05) is 49.7 Å². The summed E-state index contributed by atoms with van der Waals surface area (Å²) in [6.07, 6.45) is 6.66. The SMILES string of the molecule is O=C(O)C(Cc1cnc[nH]1)NCCNC(Cc1cnc[nH]1)C(=O)O. The quantitative estimate of drug-likeness (QED) is 0.285. The highest BCUT2D eigenvalue weighted by molar-refractivity contribution is 5.74. The van der Waals surface area contributed by atoms with Crippen LogP contribution in [0.1, 0.15) is 11.4 Å². The Hall–Kier alpha value is -2.72.